The number of aromatic nitrogens is 1. The van der Waals surface area contributed by atoms with Crippen LogP contribution in [0.5, 0.6) is 5.75 Å². The normalized spacial score (nSPS) is 16.1. The van der Waals surface area contributed by atoms with Crippen LogP contribution in [0.25, 0.3) is 10.8 Å². The number of ether oxygens (including phenoxy) is 2. The molecule has 25 heavy (non-hydrogen) atoms. The standard InChI is InChI=1S/C18H14ClNO4S/c19-13-3-4-15-11(7-13)6-12(8-22-15)18(21)24-10-14-9-23-17(20-14)16-2-1-5-25-16/h1-5,7,9,12H,6,8,10H2/t12-/m1/s1. The maximum absolute atomic E-state index is 12.3. The average molecular weight is 376 g/mol. The summed E-state index contributed by atoms with van der Waals surface area (Å²) in [6.07, 6.45) is 2.06. The third-order valence-corrected chi connectivity index (χ3v) is 5.00. The first-order valence-corrected chi connectivity index (χ1v) is 9.01. The maximum atomic E-state index is 12.3. The van der Waals surface area contributed by atoms with Crippen molar-refractivity contribution in [2.24, 2.45) is 5.92 Å². The van der Waals surface area contributed by atoms with Crippen molar-refractivity contribution in [1.82, 2.24) is 4.98 Å². The van der Waals surface area contributed by atoms with Gasteiger partial charge in [-0.1, -0.05) is 17.7 Å². The van der Waals surface area contributed by atoms with E-state index < -0.39 is 0 Å². The first-order chi connectivity index (χ1) is 12.2. The van der Waals surface area contributed by atoms with Crippen LogP contribution in [0.15, 0.2) is 46.4 Å². The highest BCUT2D eigenvalue weighted by Crippen LogP contribution is 2.30. The molecule has 4 rings (SSSR count). The molecule has 1 aromatic carbocycles. The van der Waals surface area contributed by atoms with Crippen LogP contribution in [-0.4, -0.2) is 17.6 Å². The molecule has 2 aromatic heterocycles. The number of oxazole rings is 1. The molecule has 1 aliphatic rings. The smallest absolute Gasteiger partial charge is 0.313 e. The van der Waals surface area contributed by atoms with Gasteiger partial charge < -0.3 is 13.9 Å². The van der Waals surface area contributed by atoms with Crippen molar-refractivity contribution < 1.29 is 18.7 Å². The zero-order valence-electron chi connectivity index (χ0n) is 13.1. The molecule has 3 aromatic rings. The molecule has 0 spiro atoms. The summed E-state index contributed by atoms with van der Waals surface area (Å²) >= 11 is 7.54. The second-order valence-electron chi connectivity index (χ2n) is 5.69. The number of fused-ring (bicyclic) bond motifs is 1. The summed E-state index contributed by atoms with van der Waals surface area (Å²) in [5.74, 6) is 0.636. The van der Waals surface area contributed by atoms with Crippen LogP contribution in [0.1, 0.15) is 11.3 Å². The van der Waals surface area contributed by atoms with Gasteiger partial charge in [0.25, 0.3) is 0 Å². The zero-order chi connectivity index (χ0) is 17.2. The summed E-state index contributed by atoms with van der Waals surface area (Å²) in [5.41, 5.74) is 1.50. The van der Waals surface area contributed by atoms with E-state index in [4.69, 9.17) is 25.5 Å². The minimum atomic E-state index is -0.352. The fourth-order valence-corrected chi connectivity index (χ4v) is 3.51. The van der Waals surface area contributed by atoms with Crippen molar-refractivity contribution in [1.29, 1.82) is 0 Å². The molecule has 0 amide bonds. The maximum Gasteiger partial charge on any atom is 0.313 e. The minimum Gasteiger partial charge on any atom is -0.492 e. The van der Waals surface area contributed by atoms with Crippen molar-refractivity contribution in [2.75, 3.05) is 6.61 Å². The molecule has 0 radical (unpaired) electrons. The van der Waals surface area contributed by atoms with Crippen LogP contribution in [0.3, 0.4) is 0 Å². The van der Waals surface area contributed by atoms with Crippen molar-refractivity contribution in [3.63, 3.8) is 0 Å². The number of thiophene rings is 1. The largest absolute Gasteiger partial charge is 0.492 e. The van der Waals surface area contributed by atoms with E-state index in [9.17, 15) is 4.79 Å². The van der Waals surface area contributed by atoms with E-state index >= 15 is 0 Å². The van der Waals surface area contributed by atoms with Gasteiger partial charge in [-0.15, -0.1) is 11.3 Å². The van der Waals surface area contributed by atoms with E-state index in [1.54, 1.807) is 6.07 Å². The minimum absolute atomic E-state index is 0.0760. The molecule has 0 N–H and O–H groups in total. The highest BCUT2D eigenvalue weighted by atomic mass is 35.5. The second-order valence-corrected chi connectivity index (χ2v) is 7.08. The Labute approximate surface area is 153 Å². The Morgan fingerprint density at radius 3 is 3.16 bits per heavy atom. The van der Waals surface area contributed by atoms with Crippen molar-refractivity contribution >= 4 is 28.9 Å². The Balaban J connectivity index is 1.37. The quantitative estimate of drug-likeness (QED) is 0.634. The molecule has 1 aliphatic heterocycles. The second kappa shape index (κ2) is 6.90. The van der Waals surface area contributed by atoms with Gasteiger partial charge in [-0.25, -0.2) is 4.98 Å². The molecule has 128 valence electrons. The van der Waals surface area contributed by atoms with E-state index in [0.29, 0.717) is 29.6 Å². The van der Waals surface area contributed by atoms with Crippen molar-refractivity contribution in [3.8, 4) is 16.5 Å². The molecule has 0 unspecified atom stereocenters. The Morgan fingerprint density at radius 1 is 1.40 bits per heavy atom. The molecular formula is C18H14ClNO4S. The van der Waals surface area contributed by atoms with Crippen LogP contribution in [0.2, 0.25) is 5.02 Å². The van der Waals surface area contributed by atoms with Gasteiger partial charge in [0, 0.05) is 5.02 Å². The number of hydrogen-bond donors (Lipinski definition) is 0. The van der Waals surface area contributed by atoms with Gasteiger partial charge in [-0.3, -0.25) is 4.79 Å². The molecular weight excluding hydrogens is 362 g/mol. The number of benzene rings is 1. The first-order valence-electron chi connectivity index (χ1n) is 7.75. The first kappa shape index (κ1) is 16.2. The Morgan fingerprint density at radius 2 is 2.32 bits per heavy atom. The van der Waals surface area contributed by atoms with Crippen LogP contribution in [0, 0.1) is 5.92 Å². The lowest BCUT2D eigenvalue weighted by molar-refractivity contribution is -0.151. The fraction of sp³-hybridized carbons (Fsp3) is 0.222. The lowest BCUT2D eigenvalue weighted by atomic mass is 9.97. The Hall–Kier alpha value is -2.31. The molecule has 0 bridgehead atoms. The number of esters is 1. The molecule has 1 atom stereocenters. The lowest BCUT2D eigenvalue weighted by Gasteiger charge is -2.24. The monoisotopic (exact) mass is 375 g/mol. The van der Waals surface area contributed by atoms with Gasteiger partial charge in [0.05, 0.1) is 10.8 Å². The predicted octanol–water partition coefficient (Wildman–Crippen LogP) is 4.35. The zero-order valence-corrected chi connectivity index (χ0v) is 14.7. The number of halogens is 1. The van der Waals surface area contributed by atoms with Gasteiger partial charge in [-0.05, 0) is 41.6 Å². The van der Waals surface area contributed by atoms with Crippen LogP contribution < -0.4 is 4.74 Å². The molecule has 7 heteroatoms. The summed E-state index contributed by atoms with van der Waals surface area (Å²) in [6, 6.07) is 9.27. The molecule has 5 nitrogen and oxygen atoms in total. The van der Waals surface area contributed by atoms with E-state index in [0.717, 1.165) is 16.2 Å². The molecule has 0 aliphatic carbocycles. The van der Waals surface area contributed by atoms with Crippen LogP contribution >= 0.6 is 22.9 Å². The van der Waals surface area contributed by atoms with Gasteiger partial charge in [0.2, 0.25) is 5.89 Å². The van der Waals surface area contributed by atoms with Crippen molar-refractivity contribution in [3.05, 3.63) is 58.3 Å². The Bertz CT molecular complexity index is 890. The summed E-state index contributed by atoms with van der Waals surface area (Å²) < 4.78 is 16.4. The molecule has 0 saturated heterocycles. The lowest BCUT2D eigenvalue weighted by Crippen LogP contribution is -2.29. The molecule has 3 heterocycles. The van der Waals surface area contributed by atoms with E-state index in [2.05, 4.69) is 4.98 Å². The third kappa shape index (κ3) is 3.55. The number of hydrogen-bond acceptors (Lipinski definition) is 6. The van der Waals surface area contributed by atoms with Crippen LogP contribution in [-0.2, 0) is 22.6 Å². The summed E-state index contributed by atoms with van der Waals surface area (Å²) in [6.45, 7) is 0.374. The SMILES string of the molecule is O=C(OCc1coc(-c2cccs2)n1)[C@H]1COc2ccc(Cl)cc2C1. The summed E-state index contributed by atoms with van der Waals surface area (Å²) in [5, 5.41) is 2.58. The Kier molecular flexibility index (Phi) is 4.46. The number of carbonyl (C=O) groups excluding carboxylic acids is 1. The van der Waals surface area contributed by atoms with E-state index in [-0.39, 0.29) is 18.5 Å². The number of carbonyl (C=O) groups is 1. The van der Waals surface area contributed by atoms with Gasteiger partial charge in [0.1, 0.15) is 30.9 Å². The van der Waals surface area contributed by atoms with E-state index in [1.165, 1.54) is 17.6 Å². The summed E-state index contributed by atoms with van der Waals surface area (Å²) in [7, 11) is 0. The molecule has 0 fully saturated rings. The highest BCUT2D eigenvalue weighted by molar-refractivity contribution is 7.13. The van der Waals surface area contributed by atoms with Crippen molar-refractivity contribution in [2.45, 2.75) is 13.0 Å². The number of rotatable bonds is 4. The van der Waals surface area contributed by atoms with Gasteiger partial charge in [0.15, 0.2) is 0 Å². The van der Waals surface area contributed by atoms with Crippen LogP contribution in [0.4, 0.5) is 0 Å². The average Bonchev–Trinajstić information content (AvgIpc) is 3.30. The third-order valence-electron chi connectivity index (χ3n) is 3.91. The summed E-state index contributed by atoms with van der Waals surface area (Å²) in [4.78, 5) is 17.6. The molecule has 0 saturated carbocycles. The predicted molar refractivity (Wildman–Crippen MR) is 93.8 cm³/mol. The number of nitrogens with zero attached hydrogens (tertiary/aromatic N) is 1. The highest BCUT2D eigenvalue weighted by Gasteiger charge is 2.27. The van der Waals surface area contributed by atoms with Gasteiger partial charge >= 0.3 is 5.97 Å². The van der Waals surface area contributed by atoms with E-state index in [1.807, 2.05) is 29.6 Å². The van der Waals surface area contributed by atoms with Gasteiger partial charge in [-0.2, -0.15) is 0 Å². The fourth-order valence-electron chi connectivity index (χ4n) is 2.66. The topological polar surface area (TPSA) is 61.6 Å².